The Balaban J connectivity index is 2.09. The molecule has 1 amide bonds. The number of rotatable bonds is 6. The van der Waals surface area contributed by atoms with Gasteiger partial charge in [0.2, 0.25) is 19.3 Å². The van der Waals surface area contributed by atoms with Gasteiger partial charge in [0.05, 0.1) is 0 Å². The van der Waals surface area contributed by atoms with Gasteiger partial charge in [0, 0.05) is 6.26 Å². The van der Waals surface area contributed by atoms with Gasteiger partial charge in [0.25, 0.3) is 5.91 Å². The summed E-state index contributed by atoms with van der Waals surface area (Å²) < 4.78 is 41.4. The third kappa shape index (κ3) is 4.45. The molecule has 1 heterocycles. The number of amides is 1. The molecule has 1 aromatic heterocycles. The summed E-state index contributed by atoms with van der Waals surface area (Å²) in [5, 5.41) is 9.53. The van der Waals surface area contributed by atoms with Crippen molar-refractivity contribution in [3.05, 3.63) is 30.1 Å². The number of sulfone groups is 1. The minimum absolute atomic E-state index is 0.0333. The number of aromatic nitrogens is 2. The van der Waals surface area contributed by atoms with Crippen molar-refractivity contribution in [1.29, 1.82) is 0 Å². The SMILES string of the molecule is CC[C@H](Oc1ccccc1F)C(=O)Nc1nnc(S(C)(=O)=O)s1. The summed E-state index contributed by atoms with van der Waals surface area (Å²) in [6.07, 6.45) is 0.338. The van der Waals surface area contributed by atoms with Gasteiger partial charge in [0.1, 0.15) is 0 Å². The van der Waals surface area contributed by atoms with Crippen molar-refractivity contribution >= 4 is 32.2 Å². The van der Waals surface area contributed by atoms with E-state index in [4.69, 9.17) is 4.74 Å². The Morgan fingerprint density at radius 3 is 2.65 bits per heavy atom. The zero-order valence-electron chi connectivity index (χ0n) is 12.3. The van der Waals surface area contributed by atoms with Crippen molar-refractivity contribution in [1.82, 2.24) is 10.2 Å². The molecule has 1 N–H and O–H groups in total. The minimum Gasteiger partial charge on any atom is -0.478 e. The molecule has 0 aliphatic heterocycles. The zero-order valence-corrected chi connectivity index (χ0v) is 13.9. The Kier molecular flexibility index (Phi) is 5.26. The molecule has 0 radical (unpaired) electrons. The number of para-hydroxylation sites is 1. The van der Waals surface area contributed by atoms with Crippen molar-refractivity contribution in [3.8, 4) is 5.75 Å². The lowest BCUT2D eigenvalue weighted by Gasteiger charge is -2.16. The van der Waals surface area contributed by atoms with Crippen molar-refractivity contribution in [2.45, 2.75) is 23.8 Å². The summed E-state index contributed by atoms with van der Waals surface area (Å²) >= 11 is 0.734. The highest BCUT2D eigenvalue weighted by molar-refractivity contribution is 7.92. The Morgan fingerprint density at radius 2 is 2.09 bits per heavy atom. The van der Waals surface area contributed by atoms with E-state index in [-0.39, 0.29) is 21.6 Å². The van der Waals surface area contributed by atoms with Crippen LogP contribution < -0.4 is 10.1 Å². The minimum atomic E-state index is -3.48. The number of anilines is 1. The van der Waals surface area contributed by atoms with E-state index >= 15 is 0 Å². The molecule has 2 aromatic rings. The van der Waals surface area contributed by atoms with Crippen LogP contribution in [0.2, 0.25) is 0 Å². The van der Waals surface area contributed by atoms with E-state index in [9.17, 15) is 17.6 Å². The van der Waals surface area contributed by atoms with E-state index < -0.39 is 27.7 Å². The maximum atomic E-state index is 13.6. The fraction of sp³-hybridized carbons (Fsp3) is 0.308. The van der Waals surface area contributed by atoms with Crippen LogP contribution in [0.4, 0.5) is 9.52 Å². The van der Waals surface area contributed by atoms with Gasteiger partial charge >= 0.3 is 0 Å². The lowest BCUT2D eigenvalue weighted by molar-refractivity contribution is -0.122. The fourth-order valence-electron chi connectivity index (χ4n) is 1.61. The highest BCUT2D eigenvalue weighted by Crippen LogP contribution is 2.22. The first-order valence-electron chi connectivity index (χ1n) is 6.57. The predicted octanol–water partition coefficient (Wildman–Crippen LogP) is 1.88. The maximum absolute atomic E-state index is 13.6. The fourth-order valence-corrected chi connectivity index (χ4v) is 3.12. The van der Waals surface area contributed by atoms with Gasteiger partial charge in [-0.25, -0.2) is 12.8 Å². The molecule has 124 valence electrons. The van der Waals surface area contributed by atoms with Crippen LogP contribution in [0.1, 0.15) is 13.3 Å². The van der Waals surface area contributed by atoms with Gasteiger partial charge in [-0.15, -0.1) is 10.2 Å². The van der Waals surface area contributed by atoms with Crippen LogP contribution in [-0.2, 0) is 14.6 Å². The molecule has 0 bridgehead atoms. The molecule has 0 aliphatic carbocycles. The predicted molar refractivity (Wildman–Crippen MR) is 82.8 cm³/mol. The first-order valence-corrected chi connectivity index (χ1v) is 9.27. The van der Waals surface area contributed by atoms with Crippen LogP contribution >= 0.6 is 11.3 Å². The number of hydrogen-bond donors (Lipinski definition) is 1. The van der Waals surface area contributed by atoms with E-state index in [0.29, 0.717) is 0 Å². The summed E-state index contributed by atoms with van der Waals surface area (Å²) in [5.41, 5.74) is 0. The standard InChI is InChI=1S/C13H14FN3O4S2/c1-3-9(21-10-7-5-4-6-8(10)14)11(18)15-12-16-17-13(22-12)23(2,19)20/h4-7,9H,3H2,1-2H3,(H,15,16,18)/t9-/m0/s1. The molecule has 2 rings (SSSR count). The van der Waals surface area contributed by atoms with Gasteiger partial charge < -0.3 is 4.74 Å². The third-order valence-corrected chi connectivity index (χ3v) is 5.23. The summed E-state index contributed by atoms with van der Waals surface area (Å²) in [6.45, 7) is 1.70. The number of nitrogens with zero attached hydrogens (tertiary/aromatic N) is 2. The largest absolute Gasteiger partial charge is 0.478 e. The molecule has 0 spiro atoms. The Bertz CT molecular complexity index is 807. The quantitative estimate of drug-likeness (QED) is 0.791. The second-order valence-electron chi connectivity index (χ2n) is 4.58. The Hall–Kier alpha value is -2.07. The molecule has 0 fully saturated rings. The van der Waals surface area contributed by atoms with Gasteiger partial charge in [-0.1, -0.05) is 30.4 Å². The monoisotopic (exact) mass is 359 g/mol. The van der Waals surface area contributed by atoms with E-state index in [2.05, 4.69) is 15.5 Å². The molecular formula is C13H14FN3O4S2. The maximum Gasteiger partial charge on any atom is 0.267 e. The molecular weight excluding hydrogens is 345 g/mol. The lowest BCUT2D eigenvalue weighted by Crippen LogP contribution is -2.32. The second kappa shape index (κ2) is 7.01. The summed E-state index contributed by atoms with van der Waals surface area (Å²) in [5.74, 6) is -1.18. The molecule has 7 nitrogen and oxygen atoms in total. The topological polar surface area (TPSA) is 98.2 Å². The van der Waals surface area contributed by atoms with Gasteiger partial charge in [-0.05, 0) is 18.6 Å². The van der Waals surface area contributed by atoms with Crippen LogP contribution in [0.5, 0.6) is 5.75 Å². The summed E-state index contributed by atoms with van der Waals surface area (Å²) in [7, 11) is -3.48. The molecule has 0 unspecified atom stereocenters. The zero-order chi connectivity index (χ0) is 17.0. The van der Waals surface area contributed by atoms with Crippen molar-refractivity contribution < 1.29 is 22.3 Å². The molecule has 1 atom stereocenters. The highest BCUT2D eigenvalue weighted by atomic mass is 32.2. The Labute approximate surface area is 136 Å². The summed E-state index contributed by atoms with van der Waals surface area (Å²) in [6, 6.07) is 5.74. The average Bonchev–Trinajstić information content (AvgIpc) is 2.95. The molecule has 1 aromatic carbocycles. The lowest BCUT2D eigenvalue weighted by atomic mass is 10.2. The van der Waals surface area contributed by atoms with E-state index in [1.807, 2.05) is 0 Å². The van der Waals surface area contributed by atoms with E-state index in [1.165, 1.54) is 18.2 Å². The van der Waals surface area contributed by atoms with Gasteiger partial charge in [-0.3, -0.25) is 10.1 Å². The molecule has 10 heteroatoms. The highest BCUT2D eigenvalue weighted by Gasteiger charge is 2.22. The van der Waals surface area contributed by atoms with Crippen LogP contribution in [0.3, 0.4) is 0 Å². The first kappa shape index (κ1) is 17.3. The first-order chi connectivity index (χ1) is 10.8. The van der Waals surface area contributed by atoms with Crippen molar-refractivity contribution in [2.75, 3.05) is 11.6 Å². The Morgan fingerprint density at radius 1 is 1.39 bits per heavy atom. The second-order valence-corrected chi connectivity index (χ2v) is 7.75. The molecule has 0 saturated carbocycles. The number of carbonyl (C=O) groups is 1. The number of carbonyl (C=O) groups excluding carboxylic acids is 1. The average molecular weight is 359 g/mol. The number of hydrogen-bond acceptors (Lipinski definition) is 7. The van der Waals surface area contributed by atoms with Crippen LogP contribution in [-0.4, -0.2) is 36.9 Å². The van der Waals surface area contributed by atoms with E-state index in [1.54, 1.807) is 13.0 Å². The number of benzene rings is 1. The van der Waals surface area contributed by atoms with Crippen LogP contribution in [0, 0.1) is 5.82 Å². The van der Waals surface area contributed by atoms with Crippen molar-refractivity contribution in [3.63, 3.8) is 0 Å². The number of halogens is 1. The number of ether oxygens (including phenoxy) is 1. The van der Waals surface area contributed by atoms with E-state index in [0.717, 1.165) is 17.6 Å². The molecule has 0 aliphatic rings. The third-order valence-electron chi connectivity index (χ3n) is 2.72. The van der Waals surface area contributed by atoms with Gasteiger partial charge in [0.15, 0.2) is 17.7 Å². The number of nitrogens with one attached hydrogen (secondary N) is 1. The van der Waals surface area contributed by atoms with Crippen LogP contribution in [0.15, 0.2) is 28.6 Å². The van der Waals surface area contributed by atoms with Gasteiger partial charge in [-0.2, -0.15) is 0 Å². The molecule has 0 saturated heterocycles. The van der Waals surface area contributed by atoms with Crippen molar-refractivity contribution in [2.24, 2.45) is 0 Å². The summed E-state index contributed by atoms with van der Waals surface area (Å²) in [4.78, 5) is 12.1. The molecule has 23 heavy (non-hydrogen) atoms. The smallest absolute Gasteiger partial charge is 0.267 e. The normalized spacial score (nSPS) is 12.7. The van der Waals surface area contributed by atoms with Crippen LogP contribution in [0.25, 0.3) is 0 Å².